The fraction of sp³-hybridized carbons (Fsp3) is 0.235. The Labute approximate surface area is 148 Å². The van der Waals surface area contributed by atoms with E-state index in [0.717, 1.165) is 4.90 Å². The molecule has 0 spiro atoms. The number of imide groups is 1. The van der Waals surface area contributed by atoms with Crippen LogP contribution in [0.4, 0.5) is 10.5 Å². The lowest BCUT2D eigenvalue weighted by molar-refractivity contribution is -0.133. The Kier molecular flexibility index (Phi) is 4.45. The third kappa shape index (κ3) is 3.20. The van der Waals surface area contributed by atoms with E-state index in [0.29, 0.717) is 17.0 Å². The SMILES string of the molecule is COc1ccc(NC(=O)CN2C(=O)N[C@@](C)(c3ccsc3)C2=O)cc1. The summed E-state index contributed by atoms with van der Waals surface area (Å²) in [5.74, 6) is -0.234. The number of carbonyl (C=O) groups is 3. The summed E-state index contributed by atoms with van der Waals surface area (Å²) >= 11 is 1.44. The molecule has 4 amide bonds. The molecule has 1 atom stereocenters. The molecule has 1 aromatic heterocycles. The van der Waals surface area contributed by atoms with Crippen LogP contribution in [0.25, 0.3) is 0 Å². The van der Waals surface area contributed by atoms with E-state index in [9.17, 15) is 14.4 Å². The number of amides is 4. The molecule has 130 valence electrons. The fourth-order valence-electron chi connectivity index (χ4n) is 2.60. The second kappa shape index (κ2) is 6.56. The number of benzene rings is 1. The van der Waals surface area contributed by atoms with Crippen LogP contribution in [-0.4, -0.2) is 36.4 Å². The Morgan fingerprint density at radius 2 is 2.00 bits per heavy atom. The van der Waals surface area contributed by atoms with Crippen molar-refractivity contribution in [2.24, 2.45) is 0 Å². The molecule has 2 heterocycles. The van der Waals surface area contributed by atoms with Crippen molar-refractivity contribution < 1.29 is 19.1 Å². The predicted octanol–water partition coefficient (Wildman–Crippen LogP) is 2.16. The Morgan fingerprint density at radius 1 is 1.28 bits per heavy atom. The normalized spacial score (nSPS) is 19.7. The van der Waals surface area contributed by atoms with Crippen molar-refractivity contribution in [1.29, 1.82) is 0 Å². The molecule has 1 aliphatic heterocycles. The smallest absolute Gasteiger partial charge is 0.325 e. The van der Waals surface area contributed by atoms with Crippen LogP contribution >= 0.6 is 11.3 Å². The molecule has 2 aromatic rings. The molecule has 1 saturated heterocycles. The maximum Gasteiger partial charge on any atom is 0.325 e. The molecule has 1 fully saturated rings. The molecule has 0 aliphatic carbocycles. The Balaban J connectivity index is 1.68. The van der Waals surface area contributed by atoms with Crippen LogP contribution in [-0.2, 0) is 15.1 Å². The molecule has 0 saturated carbocycles. The highest BCUT2D eigenvalue weighted by atomic mass is 32.1. The molecule has 0 unspecified atom stereocenters. The highest BCUT2D eigenvalue weighted by Gasteiger charge is 2.49. The minimum absolute atomic E-state index is 0.351. The van der Waals surface area contributed by atoms with Crippen molar-refractivity contribution in [1.82, 2.24) is 10.2 Å². The lowest BCUT2D eigenvalue weighted by Crippen LogP contribution is -2.41. The zero-order chi connectivity index (χ0) is 18.0. The number of nitrogens with one attached hydrogen (secondary N) is 2. The maximum atomic E-state index is 12.7. The lowest BCUT2D eigenvalue weighted by atomic mass is 9.95. The van der Waals surface area contributed by atoms with Crippen molar-refractivity contribution in [2.75, 3.05) is 19.0 Å². The van der Waals surface area contributed by atoms with Gasteiger partial charge in [0.1, 0.15) is 17.8 Å². The molecular formula is C17H17N3O4S. The number of ether oxygens (including phenoxy) is 1. The van der Waals surface area contributed by atoms with E-state index < -0.39 is 23.4 Å². The molecule has 3 rings (SSSR count). The van der Waals surface area contributed by atoms with Gasteiger partial charge in [0, 0.05) is 5.69 Å². The van der Waals surface area contributed by atoms with Crippen LogP contribution in [0.5, 0.6) is 5.75 Å². The van der Waals surface area contributed by atoms with E-state index in [1.54, 1.807) is 49.7 Å². The van der Waals surface area contributed by atoms with Gasteiger partial charge in [-0.25, -0.2) is 4.79 Å². The van der Waals surface area contributed by atoms with Crippen LogP contribution in [0, 0.1) is 0 Å². The Morgan fingerprint density at radius 3 is 2.60 bits per heavy atom. The van der Waals surface area contributed by atoms with Crippen molar-refractivity contribution in [3.05, 3.63) is 46.7 Å². The number of rotatable bonds is 5. The maximum absolute atomic E-state index is 12.7. The van der Waals surface area contributed by atoms with E-state index in [-0.39, 0.29) is 6.54 Å². The first-order valence-electron chi connectivity index (χ1n) is 7.55. The minimum Gasteiger partial charge on any atom is -0.497 e. The monoisotopic (exact) mass is 359 g/mol. The largest absolute Gasteiger partial charge is 0.497 e. The highest BCUT2D eigenvalue weighted by Crippen LogP contribution is 2.30. The first kappa shape index (κ1) is 17.0. The molecule has 0 bridgehead atoms. The average molecular weight is 359 g/mol. The van der Waals surface area contributed by atoms with E-state index >= 15 is 0 Å². The quantitative estimate of drug-likeness (QED) is 0.801. The number of nitrogens with zero attached hydrogens (tertiary/aromatic N) is 1. The molecular weight excluding hydrogens is 342 g/mol. The molecule has 2 N–H and O–H groups in total. The number of methoxy groups -OCH3 is 1. The van der Waals surface area contributed by atoms with Gasteiger partial charge in [-0.2, -0.15) is 11.3 Å². The van der Waals surface area contributed by atoms with Crippen molar-refractivity contribution in [3.8, 4) is 5.75 Å². The molecule has 25 heavy (non-hydrogen) atoms. The molecule has 1 aromatic carbocycles. The van der Waals surface area contributed by atoms with Crippen LogP contribution in [0.15, 0.2) is 41.1 Å². The number of urea groups is 1. The number of hydrogen-bond donors (Lipinski definition) is 2. The number of anilines is 1. The third-order valence-corrected chi connectivity index (χ3v) is 4.73. The summed E-state index contributed by atoms with van der Waals surface area (Å²) in [6, 6.07) is 7.97. The summed E-state index contributed by atoms with van der Waals surface area (Å²) in [6.45, 7) is 1.28. The second-order valence-electron chi connectivity index (χ2n) is 5.74. The summed E-state index contributed by atoms with van der Waals surface area (Å²) in [5.41, 5.74) is 0.115. The average Bonchev–Trinajstić information content (AvgIpc) is 3.20. The topological polar surface area (TPSA) is 87.7 Å². The molecule has 8 heteroatoms. The van der Waals surface area contributed by atoms with Gasteiger partial charge in [0.05, 0.1) is 7.11 Å². The van der Waals surface area contributed by atoms with Crippen LogP contribution in [0.3, 0.4) is 0 Å². The summed E-state index contributed by atoms with van der Waals surface area (Å²) in [6.07, 6.45) is 0. The molecule has 7 nitrogen and oxygen atoms in total. The number of hydrogen-bond acceptors (Lipinski definition) is 5. The summed E-state index contributed by atoms with van der Waals surface area (Å²) in [4.78, 5) is 38.0. The summed E-state index contributed by atoms with van der Waals surface area (Å²) < 4.78 is 5.05. The van der Waals surface area contributed by atoms with E-state index in [1.165, 1.54) is 11.3 Å². The number of thiophene rings is 1. The third-order valence-electron chi connectivity index (χ3n) is 4.05. The van der Waals surface area contributed by atoms with Crippen molar-refractivity contribution in [2.45, 2.75) is 12.5 Å². The van der Waals surface area contributed by atoms with Crippen molar-refractivity contribution >= 4 is 34.9 Å². The summed E-state index contributed by atoms with van der Waals surface area (Å²) in [7, 11) is 1.55. The second-order valence-corrected chi connectivity index (χ2v) is 6.52. The first-order valence-corrected chi connectivity index (χ1v) is 8.49. The van der Waals surface area contributed by atoms with Gasteiger partial charge in [-0.1, -0.05) is 0 Å². The van der Waals surface area contributed by atoms with Gasteiger partial charge in [0.25, 0.3) is 5.91 Å². The van der Waals surface area contributed by atoms with E-state index in [1.807, 2.05) is 5.38 Å². The zero-order valence-electron chi connectivity index (χ0n) is 13.7. The molecule has 0 radical (unpaired) electrons. The van der Waals surface area contributed by atoms with Gasteiger partial charge in [0.15, 0.2) is 0 Å². The standard InChI is InChI=1S/C17H17N3O4S/c1-17(11-7-8-25-10-11)15(22)20(16(23)19-17)9-14(21)18-12-3-5-13(24-2)6-4-12/h3-8,10H,9H2,1-2H3,(H,18,21)(H,19,23)/t17-/m0/s1. The zero-order valence-corrected chi connectivity index (χ0v) is 14.6. The van der Waals surface area contributed by atoms with Gasteiger partial charge in [-0.05, 0) is 53.6 Å². The van der Waals surface area contributed by atoms with E-state index in [2.05, 4.69) is 10.6 Å². The van der Waals surface area contributed by atoms with Crippen LogP contribution < -0.4 is 15.4 Å². The number of carbonyl (C=O) groups excluding carboxylic acids is 3. The molecule has 1 aliphatic rings. The van der Waals surface area contributed by atoms with Gasteiger partial charge in [-0.15, -0.1) is 0 Å². The van der Waals surface area contributed by atoms with Gasteiger partial charge in [0.2, 0.25) is 5.91 Å². The van der Waals surface area contributed by atoms with Gasteiger partial charge in [-0.3, -0.25) is 14.5 Å². The lowest BCUT2D eigenvalue weighted by Gasteiger charge is -2.20. The van der Waals surface area contributed by atoms with Crippen LogP contribution in [0.1, 0.15) is 12.5 Å². The Bertz CT molecular complexity index is 804. The van der Waals surface area contributed by atoms with E-state index in [4.69, 9.17) is 4.74 Å². The van der Waals surface area contributed by atoms with Crippen molar-refractivity contribution in [3.63, 3.8) is 0 Å². The minimum atomic E-state index is -1.14. The van der Waals surface area contributed by atoms with Crippen LogP contribution in [0.2, 0.25) is 0 Å². The van der Waals surface area contributed by atoms with Gasteiger partial charge < -0.3 is 15.4 Å². The van der Waals surface area contributed by atoms with Gasteiger partial charge >= 0.3 is 6.03 Å². The Hall–Kier alpha value is -2.87. The summed E-state index contributed by atoms with van der Waals surface area (Å²) in [5, 5.41) is 8.96. The first-order chi connectivity index (χ1) is 11.9. The fourth-order valence-corrected chi connectivity index (χ4v) is 3.37. The highest BCUT2D eigenvalue weighted by molar-refractivity contribution is 7.08. The predicted molar refractivity (Wildman–Crippen MR) is 93.5 cm³/mol.